The predicted molar refractivity (Wildman–Crippen MR) is 127 cm³/mol. The van der Waals surface area contributed by atoms with Crippen molar-refractivity contribution in [3.05, 3.63) is 96.1 Å². The quantitative estimate of drug-likeness (QED) is 0.379. The molecule has 0 saturated heterocycles. The number of benzene rings is 2. The van der Waals surface area contributed by atoms with Gasteiger partial charge in [-0.2, -0.15) is 0 Å². The average molecular weight is 462 g/mol. The first-order valence-corrected chi connectivity index (χ1v) is 11.5. The maximum atomic E-state index is 13.2. The Morgan fingerprint density at radius 3 is 2.48 bits per heavy atom. The molecule has 0 aliphatic carbocycles. The number of rotatable bonds is 8. The van der Waals surface area contributed by atoms with E-state index >= 15 is 0 Å². The molecule has 0 aliphatic rings. The van der Waals surface area contributed by atoms with Crippen LogP contribution in [0.2, 0.25) is 0 Å². The highest BCUT2D eigenvalue weighted by atomic mass is 32.2. The van der Waals surface area contributed by atoms with Crippen molar-refractivity contribution in [2.24, 2.45) is 0 Å². The Balaban J connectivity index is 1.53. The van der Waals surface area contributed by atoms with Crippen molar-refractivity contribution in [2.75, 3.05) is 0 Å². The SMILES string of the molecule is C[C@H](Sc1nnc(-c2cccnc2)n1Cc1ccccc1)C(=O)N[C@@H](C)c1ccc(F)cc1. The first-order valence-electron chi connectivity index (χ1n) is 10.6. The monoisotopic (exact) mass is 461 g/mol. The van der Waals surface area contributed by atoms with Crippen LogP contribution >= 0.6 is 11.8 Å². The van der Waals surface area contributed by atoms with E-state index in [2.05, 4.69) is 20.5 Å². The summed E-state index contributed by atoms with van der Waals surface area (Å²) < 4.78 is 15.2. The van der Waals surface area contributed by atoms with Crippen LogP contribution in [0.4, 0.5) is 4.39 Å². The summed E-state index contributed by atoms with van der Waals surface area (Å²) >= 11 is 1.35. The number of aromatic nitrogens is 4. The Morgan fingerprint density at radius 1 is 1.03 bits per heavy atom. The van der Waals surface area contributed by atoms with Crippen molar-refractivity contribution in [3.63, 3.8) is 0 Å². The molecule has 2 aromatic carbocycles. The van der Waals surface area contributed by atoms with Gasteiger partial charge in [0.25, 0.3) is 0 Å². The molecule has 8 heteroatoms. The van der Waals surface area contributed by atoms with E-state index in [4.69, 9.17) is 0 Å². The zero-order chi connectivity index (χ0) is 23.2. The molecule has 4 rings (SSSR count). The van der Waals surface area contributed by atoms with Gasteiger partial charge in [0, 0.05) is 18.0 Å². The minimum atomic E-state index is -0.409. The molecule has 1 amide bonds. The van der Waals surface area contributed by atoms with Gasteiger partial charge < -0.3 is 5.32 Å². The second-order valence-corrected chi connectivity index (χ2v) is 8.97. The predicted octanol–water partition coefficient (Wildman–Crippen LogP) is 4.89. The van der Waals surface area contributed by atoms with Gasteiger partial charge in [-0.25, -0.2) is 4.39 Å². The number of thioether (sulfide) groups is 1. The van der Waals surface area contributed by atoms with Gasteiger partial charge in [0.2, 0.25) is 5.91 Å². The zero-order valence-electron chi connectivity index (χ0n) is 18.4. The Labute approximate surface area is 196 Å². The summed E-state index contributed by atoms with van der Waals surface area (Å²) in [5.41, 5.74) is 2.80. The summed E-state index contributed by atoms with van der Waals surface area (Å²) in [6.45, 7) is 4.28. The third-order valence-electron chi connectivity index (χ3n) is 5.20. The van der Waals surface area contributed by atoms with Gasteiger partial charge in [0.05, 0.1) is 17.8 Å². The van der Waals surface area contributed by atoms with Crippen LogP contribution in [0.25, 0.3) is 11.4 Å². The molecule has 0 aliphatic heterocycles. The summed E-state index contributed by atoms with van der Waals surface area (Å²) in [7, 11) is 0. The lowest BCUT2D eigenvalue weighted by molar-refractivity contribution is -0.120. The van der Waals surface area contributed by atoms with E-state index in [1.807, 2.05) is 60.9 Å². The molecule has 0 unspecified atom stereocenters. The fraction of sp³-hybridized carbons (Fsp3) is 0.200. The maximum absolute atomic E-state index is 13.2. The molecular formula is C25H24FN5OS. The first-order chi connectivity index (χ1) is 16.0. The van der Waals surface area contributed by atoms with Crippen molar-refractivity contribution in [1.82, 2.24) is 25.1 Å². The van der Waals surface area contributed by atoms with Crippen molar-refractivity contribution in [1.29, 1.82) is 0 Å². The van der Waals surface area contributed by atoms with Crippen LogP contribution in [0.5, 0.6) is 0 Å². The molecule has 168 valence electrons. The normalized spacial score (nSPS) is 12.8. The lowest BCUT2D eigenvalue weighted by Gasteiger charge is -2.18. The van der Waals surface area contributed by atoms with Crippen LogP contribution in [0.15, 0.2) is 84.3 Å². The molecule has 2 heterocycles. The summed E-state index contributed by atoms with van der Waals surface area (Å²) in [5.74, 6) is 0.263. The highest BCUT2D eigenvalue weighted by Crippen LogP contribution is 2.28. The van der Waals surface area contributed by atoms with Crippen molar-refractivity contribution in [3.8, 4) is 11.4 Å². The molecule has 2 atom stereocenters. The fourth-order valence-corrected chi connectivity index (χ4v) is 4.23. The second kappa shape index (κ2) is 10.4. The number of pyridine rings is 1. The van der Waals surface area contributed by atoms with Crippen LogP contribution in [0.3, 0.4) is 0 Å². The number of hydrogen-bond donors (Lipinski definition) is 1. The van der Waals surface area contributed by atoms with E-state index in [1.54, 1.807) is 24.5 Å². The van der Waals surface area contributed by atoms with Gasteiger partial charge >= 0.3 is 0 Å². The molecule has 0 radical (unpaired) electrons. The van der Waals surface area contributed by atoms with E-state index in [0.717, 1.165) is 16.7 Å². The van der Waals surface area contributed by atoms with Gasteiger partial charge in [-0.1, -0.05) is 54.2 Å². The third-order valence-corrected chi connectivity index (χ3v) is 6.28. The number of nitrogens with one attached hydrogen (secondary N) is 1. The summed E-state index contributed by atoms with van der Waals surface area (Å²) in [6.07, 6.45) is 3.46. The Bertz CT molecular complexity index is 1200. The van der Waals surface area contributed by atoms with Crippen LogP contribution < -0.4 is 5.32 Å². The smallest absolute Gasteiger partial charge is 0.233 e. The van der Waals surface area contributed by atoms with Crippen molar-refractivity contribution < 1.29 is 9.18 Å². The number of hydrogen-bond acceptors (Lipinski definition) is 5. The van der Waals surface area contributed by atoms with E-state index in [0.29, 0.717) is 17.5 Å². The highest BCUT2D eigenvalue weighted by Gasteiger charge is 2.22. The van der Waals surface area contributed by atoms with Crippen molar-refractivity contribution in [2.45, 2.75) is 36.8 Å². The van der Waals surface area contributed by atoms with Crippen LogP contribution in [0, 0.1) is 5.82 Å². The zero-order valence-corrected chi connectivity index (χ0v) is 19.2. The number of nitrogens with zero attached hydrogens (tertiary/aromatic N) is 4. The van der Waals surface area contributed by atoms with Gasteiger partial charge in [-0.05, 0) is 49.2 Å². The van der Waals surface area contributed by atoms with Gasteiger partial charge in [0.15, 0.2) is 11.0 Å². The molecule has 6 nitrogen and oxygen atoms in total. The molecule has 33 heavy (non-hydrogen) atoms. The average Bonchev–Trinajstić information content (AvgIpc) is 3.22. The number of amides is 1. The summed E-state index contributed by atoms with van der Waals surface area (Å²) in [6, 6.07) is 19.7. The molecule has 0 saturated carbocycles. The second-order valence-electron chi connectivity index (χ2n) is 7.66. The van der Waals surface area contributed by atoms with E-state index in [1.165, 1.54) is 23.9 Å². The first kappa shape index (κ1) is 22.7. The largest absolute Gasteiger partial charge is 0.349 e. The topological polar surface area (TPSA) is 72.7 Å². The Hall–Kier alpha value is -3.52. The molecule has 0 spiro atoms. The molecule has 4 aromatic rings. The Morgan fingerprint density at radius 2 is 1.79 bits per heavy atom. The van der Waals surface area contributed by atoms with Gasteiger partial charge in [-0.15, -0.1) is 10.2 Å². The lowest BCUT2D eigenvalue weighted by atomic mass is 10.1. The molecule has 0 fully saturated rings. The van der Waals surface area contributed by atoms with Crippen LogP contribution in [-0.4, -0.2) is 30.9 Å². The van der Waals surface area contributed by atoms with Gasteiger partial charge in [-0.3, -0.25) is 14.3 Å². The van der Waals surface area contributed by atoms with Crippen molar-refractivity contribution >= 4 is 17.7 Å². The van der Waals surface area contributed by atoms with Crippen LogP contribution in [-0.2, 0) is 11.3 Å². The van der Waals surface area contributed by atoms with Gasteiger partial charge in [0.1, 0.15) is 5.82 Å². The standard InChI is InChI=1S/C25H24FN5OS/c1-17(20-10-12-22(26)13-11-20)28-24(32)18(2)33-25-30-29-23(21-9-6-14-27-15-21)31(25)16-19-7-4-3-5-8-19/h3-15,17-18H,16H2,1-2H3,(H,28,32)/t17-,18-/m0/s1. The third kappa shape index (κ3) is 5.64. The maximum Gasteiger partial charge on any atom is 0.233 e. The number of halogens is 1. The highest BCUT2D eigenvalue weighted by molar-refractivity contribution is 8.00. The molecule has 2 aromatic heterocycles. The Kier molecular flexibility index (Phi) is 7.14. The number of carbonyl (C=O) groups is 1. The number of carbonyl (C=O) groups excluding carboxylic acids is 1. The molecule has 1 N–H and O–H groups in total. The van der Waals surface area contributed by atoms with Crippen LogP contribution in [0.1, 0.15) is 31.0 Å². The molecule has 0 bridgehead atoms. The minimum Gasteiger partial charge on any atom is -0.349 e. The fourth-order valence-electron chi connectivity index (χ4n) is 3.37. The van der Waals surface area contributed by atoms with E-state index in [9.17, 15) is 9.18 Å². The molecular weight excluding hydrogens is 437 g/mol. The van der Waals surface area contributed by atoms with E-state index < -0.39 is 5.25 Å². The van der Waals surface area contributed by atoms with E-state index in [-0.39, 0.29) is 17.8 Å². The lowest BCUT2D eigenvalue weighted by Crippen LogP contribution is -2.33. The summed E-state index contributed by atoms with van der Waals surface area (Å²) in [5, 5.41) is 12.0. The minimum absolute atomic E-state index is 0.131. The summed E-state index contributed by atoms with van der Waals surface area (Å²) in [4.78, 5) is 17.1.